The molecule has 2 aromatic rings. The largest absolute Gasteiger partial charge is 0.502 e. The molecule has 2 rings (SSSR count). The van der Waals surface area contributed by atoms with Gasteiger partial charge in [-0.3, -0.25) is 4.79 Å². The highest BCUT2D eigenvalue weighted by atomic mass is 16.5. The third-order valence-electron chi connectivity index (χ3n) is 5.04. The number of aromatic hydroxyl groups is 1. The van der Waals surface area contributed by atoms with Crippen molar-refractivity contribution in [2.75, 3.05) is 18.5 Å². The standard InChI is InChI=1S/C27H37NO4/c1-3-5-7-12-18-31-24-20-22(16-17-26(29)28-23-14-10-9-11-15-23)21-25(27(24)30)32-19-13-8-6-4-2/h9-11,14-17,20-21,30H,3-8,12-13,18-19H2,1-2H3,(H,28,29)/b17-16+. The lowest BCUT2D eigenvalue weighted by atomic mass is 10.1. The van der Waals surface area contributed by atoms with Crippen molar-refractivity contribution in [2.45, 2.75) is 65.2 Å². The van der Waals surface area contributed by atoms with E-state index in [1.165, 1.54) is 18.9 Å². The van der Waals surface area contributed by atoms with Gasteiger partial charge in [0.05, 0.1) is 13.2 Å². The van der Waals surface area contributed by atoms with E-state index in [1.54, 1.807) is 18.2 Å². The van der Waals surface area contributed by atoms with Crippen molar-refractivity contribution in [3.8, 4) is 17.2 Å². The molecular formula is C27H37NO4. The topological polar surface area (TPSA) is 67.8 Å². The van der Waals surface area contributed by atoms with Crippen LogP contribution in [0.1, 0.15) is 70.8 Å². The average molecular weight is 440 g/mol. The van der Waals surface area contributed by atoms with Gasteiger partial charge < -0.3 is 19.9 Å². The number of hydrogen-bond acceptors (Lipinski definition) is 4. The van der Waals surface area contributed by atoms with Crippen molar-refractivity contribution in [1.82, 2.24) is 0 Å². The van der Waals surface area contributed by atoms with Gasteiger partial charge in [-0.05, 0) is 48.7 Å². The van der Waals surface area contributed by atoms with Gasteiger partial charge in [-0.1, -0.05) is 70.6 Å². The Balaban J connectivity index is 2.07. The molecule has 2 aromatic carbocycles. The summed E-state index contributed by atoms with van der Waals surface area (Å²) in [6.07, 6.45) is 11.9. The lowest BCUT2D eigenvalue weighted by Crippen LogP contribution is -2.07. The number of benzene rings is 2. The Morgan fingerprint density at radius 3 is 1.97 bits per heavy atom. The SMILES string of the molecule is CCCCCCOc1cc(/C=C/C(=O)Nc2ccccc2)cc(OCCCCCC)c1O. The number of phenolic OH excluding ortho intramolecular Hbond substituents is 1. The van der Waals surface area contributed by atoms with Gasteiger partial charge in [0, 0.05) is 11.8 Å². The molecule has 0 radical (unpaired) electrons. The maximum atomic E-state index is 12.3. The van der Waals surface area contributed by atoms with E-state index in [1.807, 2.05) is 30.3 Å². The molecule has 1 amide bonds. The van der Waals surface area contributed by atoms with Crippen molar-refractivity contribution in [3.63, 3.8) is 0 Å². The van der Waals surface area contributed by atoms with E-state index in [0.717, 1.165) is 49.8 Å². The number of unbranched alkanes of at least 4 members (excludes halogenated alkanes) is 6. The predicted molar refractivity (Wildman–Crippen MR) is 131 cm³/mol. The Hall–Kier alpha value is -2.95. The zero-order chi connectivity index (χ0) is 23.0. The van der Waals surface area contributed by atoms with Crippen LogP contribution in [0.2, 0.25) is 0 Å². The fourth-order valence-corrected chi connectivity index (χ4v) is 3.22. The number of para-hydroxylation sites is 1. The second-order valence-corrected chi connectivity index (χ2v) is 7.87. The molecule has 0 bridgehead atoms. The summed E-state index contributed by atoms with van der Waals surface area (Å²) in [4.78, 5) is 12.3. The first-order valence-corrected chi connectivity index (χ1v) is 11.8. The Labute approximate surface area is 192 Å². The Bertz CT molecular complexity index is 798. The molecular weight excluding hydrogens is 402 g/mol. The summed E-state index contributed by atoms with van der Waals surface area (Å²) in [5, 5.41) is 13.5. The minimum absolute atomic E-state index is 0.0156. The van der Waals surface area contributed by atoms with E-state index in [0.29, 0.717) is 24.7 Å². The molecule has 174 valence electrons. The lowest BCUT2D eigenvalue weighted by Gasteiger charge is -2.14. The average Bonchev–Trinajstić information content (AvgIpc) is 2.80. The highest BCUT2D eigenvalue weighted by Crippen LogP contribution is 2.38. The molecule has 0 fully saturated rings. The highest BCUT2D eigenvalue weighted by molar-refractivity contribution is 6.01. The molecule has 0 aliphatic rings. The molecule has 0 saturated carbocycles. The van der Waals surface area contributed by atoms with Gasteiger partial charge >= 0.3 is 0 Å². The van der Waals surface area contributed by atoms with Crippen LogP contribution in [0.5, 0.6) is 17.2 Å². The third-order valence-corrected chi connectivity index (χ3v) is 5.04. The summed E-state index contributed by atoms with van der Waals surface area (Å²) >= 11 is 0. The molecule has 32 heavy (non-hydrogen) atoms. The molecule has 0 aromatic heterocycles. The Morgan fingerprint density at radius 2 is 1.44 bits per heavy atom. The van der Waals surface area contributed by atoms with Crippen LogP contribution >= 0.6 is 0 Å². The second kappa shape index (κ2) is 15.0. The van der Waals surface area contributed by atoms with E-state index in [-0.39, 0.29) is 11.7 Å². The summed E-state index contributed by atoms with van der Waals surface area (Å²) in [5.74, 6) is 0.557. The number of rotatable bonds is 15. The first-order valence-electron chi connectivity index (χ1n) is 11.8. The monoisotopic (exact) mass is 439 g/mol. The van der Waals surface area contributed by atoms with Crippen LogP contribution < -0.4 is 14.8 Å². The number of hydrogen-bond donors (Lipinski definition) is 2. The van der Waals surface area contributed by atoms with E-state index in [4.69, 9.17) is 9.47 Å². The summed E-state index contributed by atoms with van der Waals surface area (Å²) in [7, 11) is 0. The smallest absolute Gasteiger partial charge is 0.248 e. The van der Waals surface area contributed by atoms with Crippen molar-refractivity contribution in [2.24, 2.45) is 0 Å². The molecule has 0 unspecified atom stereocenters. The molecule has 2 N–H and O–H groups in total. The number of nitrogens with one attached hydrogen (secondary N) is 1. The number of anilines is 1. The first-order chi connectivity index (χ1) is 15.6. The van der Waals surface area contributed by atoms with Crippen LogP contribution in [0, 0.1) is 0 Å². The number of carbonyl (C=O) groups excluding carboxylic acids is 1. The lowest BCUT2D eigenvalue weighted by molar-refractivity contribution is -0.111. The zero-order valence-corrected chi connectivity index (χ0v) is 19.4. The molecule has 0 spiro atoms. The molecule has 0 aliphatic heterocycles. The van der Waals surface area contributed by atoms with Crippen LogP contribution in [0.25, 0.3) is 6.08 Å². The molecule has 0 aliphatic carbocycles. The summed E-state index contributed by atoms with van der Waals surface area (Å²) in [6, 6.07) is 12.8. The second-order valence-electron chi connectivity index (χ2n) is 7.87. The van der Waals surface area contributed by atoms with Gasteiger partial charge in [0.1, 0.15) is 0 Å². The van der Waals surface area contributed by atoms with Crippen LogP contribution in [-0.2, 0) is 4.79 Å². The zero-order valence-electron chi connectivity index (χ0n) is 19.4. The van der Waals surface area contributed by atoms with Crippen molar-refractivity contribution in [3.05, 3.63) is 54.1 Å². The van der Waals surface area contributed by atoms with Gasteiger partial charge in [0.2, 0.25) is 11.7 Å². The van der Waals surface area contributed by atoms with Crippen LogP contribution in [-0.4, -0.2) is 24.2 Å². The molecule has 5 heteroatoms. The maximum Gasteiger partial charge on any atom is 0.248 e. The Kier molecular flexibility index (Phi) is 11.8. The molecule has 0 atom stereocenters. The molecule has 0 saturated heterocycles. The van der Waals surface area contributed by atoms with E-state index in [9.17, 15) is 9.90 Å². The van der Waals surface area contributed by atoms with Gasteiger partial charge in [0.25, 0.3) is 0 Å². The number of ether oxygens (including phenoxy) is 2. The van der Waals surface area contributed by atoms with Crippen molar-refractivity contribution >= 4 is 17.7 Å². The van der Waals surface area contributed by atoms with Gasteiger partial charge in [-0.15, -0.1) is 0 Å². The highest BCUT2D eigenvalue weighted by Gasteiger charge is 2.12. The Morgan fingerprint density at radius 1 is 0.875 bits per heavy atom. The number of carbonyl (C=O) groups is 1. The van der Waals surface area contributed by atoms with Crippen LogP contribution in [0.4, 0.5) is 5.69 Å². The van der Waals surface area contributed by atoms with Crippen molar-refractivity contribution in [1.29, 1.82) is 0 Å². The van der Waals surface area contributed by atoms with E-state index in [2.05, 4.69) is 19.2 Å². The first kappa shape index (κ1) is 25.3. The van der Waals surface area contributed by atoms with E-state index < -0.39 is 0 Å². The van der Waals surface area contributed by atoms with Gasteiger partial charge in [-0.2, -0.15) is 0 Å². The minimum Gasteiger partial charge on any atom is -0.502 e. The van der Waals surface area contributed by atoms with Crippen LogP contribution in [0.15, 0.2) is 48.5 Å². The third kappa shape index (κ3) is 9.46. The van der Waals surface area contributed by atoms with Gasteiger partial charge in [-0.25, -0.2) is 0 Å². The molecule has 5 nitrogen and oxygen atoms in total. The van der Waals surface area contributed by atoms with Gasteiger partial charge in [0.15, 0.2) is 11.5 Å². The number of phenols is 1. The minimum atomic E-state index is -0.228. The summed E-state index contributed by atoms with van der Waals surface area (Å²) in [6.45, 7) is 5.40. The quantitative estimate of drug-likeness (QED) is 0.232. The predicted octanol–water partition coefficient (Wildman–Crippen LogP) is 6.96. The molecule has 0 heterocycles. The normalized spacial score (nSPS) is 10.9. The number of amides is 1. The fraction of sp³-hybridized carbons (Fsp3) is 0.444. The van der Waals surface area contributed by atoms with Crippen LogP contribution in [0.3, 0.4) is 0 Å². The van der Waals surface area contributed by atoms with Crippen molar-refractivity contribution < 1.29 is 19.4 Å². The maximum absolute atomic E-state index is 12.3. The van der Waals surface area contributed by atoms with E-state index >= 15 is 0 Å². The summed E-state index contributed by atoms with van der Waals surface area (Å²) < 4.78 is 11.7. The summed E-state index contributed by atoms with van der Waals surface area (Å²) in [5.41, 5.74) is 1.47. The fourth-order valence-electron chi connectivity index (χ4n) is 3.22.